The first-order valence-electron chi connectivity index (χ1n) is 17.1. The molecule has 1 atom stereocenters. The molecular weight excluding hydrogens is 611 g/mol. The Labute approximate surface area is 283 Å². The Balaban J connectivity index is 1.38. The van der Waals surface area contributed by atoms with E-state index >= 15 is 0 Å². The normalized spacial score (nSPS) is 18.9. The Morgan fingerprint density at radius 1 is 0.979 bits per heavy atom. The monoisotopic (exact) mass is 660 g/mol. The van der Waals surface area contributed by atoms with Crippen LogP contribution >= 0.6 is 0 Å². The molecule has 2 saturated heterocycles. The maximum atomic E-state index is 14.8. The van der Waals surface area contributed by atoms with Gasteiger partial charge in [0.1, 0.15) is 0 Å². The van der Waals surface area contributed by atoms with Crippen molar-refractivity contribution in [1.82, 2.24) is 15.0 Å². The van der Waals surface area contributed by atoms with Crippen LogP contribution < -0.4 is 14.7 Å². The molecule has 0 amide bonds. The van der Waals surface area contributed by atoms with Gasteiger partial charge in [0, 0.05) is 61.8 Å². The van der Waals surface area contributed by atoms with E-state index in [0.29, 0.717) is 62.4 Å². The molecule has 1 N–H and O–H groups in total. The summed E-state index contributed by atoms with van der Waals surface area (Å²) in [4.78, 5) is 33.2. The van der Waals surface area contributed by atoms with Crippen LogP contribution in [0.4, 0.5) is 21.8 Å². The molecule has 5 heterocycles. The number of aryl methyl sites for hydroxylation is 2. The lowest BCUT2D eigenvalue weighted by Crippen LogP contribution is -2.39. The summed E-state index contributed by atoms with van der Waals surface area (Å²) in [6, 6.07) is 6.50. The number of halogens is 1. The summed E-state index contributed by atoms with van der Waals surface area (Å²) < 4.78 is 26.5. The Bertz CT molecular complexity index is 1670. The van der Waals surface area contributed by atoms with Gasteiger partial charge >= 0.3 is 5.97 Å². The lowest BCUT2D eigenvalue weighted by atomic mass is 9.81. The number of carbonyl (C=O) groups is 1. The van der Waals surface area contributed by atoms with Crippen molar-refractivity contribution in [3.63, 3.8) is 0 Å². The first-order chi connectivity index (χ1) is 22.7. The zero-order chi connectivity index (χ0) is 34.4. The minimum Gasteiger partial charge on any atom is -0.479 e. The molecule has 2 fully saturated rings. The highest BCUT2D eigenvalue weighted by molar-refractivity contribution is 5.88. The molecule has 2 aromatic heterocycles. The second-order valence-electron chi connectivity index (χ2n) is 15.1. The van der Waals surface area contributed by atoms with Crippen molar-refractivity contribution in [1.29, 1.82) is 0 Å². The number of hydrogen-bond donors (Lipinski definition) is 1. The number of piperidine rings is 1. The molecule has 0 unspecified atom stereocenters. The quantitative estimate of drug-likeness (QED) is 0.312. The van der Waals surface area contributed by atoms with Crippen LogP contribution in [-0.2, 0) is 27.2 Å². The first kappa shape index (κ1) is 34.0. The molecule has 0 aliphatic carbocycles. The lowest BCUT2D eigenvalue weighted by molar-refractivity contribution is -0.160. The van der Waals surface area contributed by atoms with E-state index in [2.05, 4.69) is 51.8 Å². The number of morpholine rings is 1. The molecule has 10 nitrogen and oxygen atoms in total. The van der Waals surface area contributed by atoms with Crippen LogP contribution in [0.25, 0.3) is 11.1 Å². The van der Waals surface area contributed by atoms with Gasteiger partial charge in [-0.3, -0.25) is 4.98 Å². The molecule has 258 valence electrons. The van der Waals surface area contributed by atoms with E-state index in [1.807, 2.05) is 39.5 Å². The molecule has 0 radical (unpaired) electrons. The number of fused-ring (bicyclic) bond motifs is 1. The van der Waals surface area contributed by atoms with Gasteiger partial charge in [-0.2, -0.15) is 4.98 Å². The third kappa shape index (κ3) is 7.12. The summed E-state index contributed by atoms with van der Waals surface area (Å²) in [6.07, 6.45) is 2.88. The number of aliphatic carboxylic acids is 1. The van der Waals surface area contributed by atoms with E-state index in [-0.39, 0.29) is 5.41 Å². The second-order valence-corrected chi connectivity index (χ2v) is 15.1. The zero-order valence-corrected chi connectivity index (χ0v) is 29.4. The molecule has 0 saturated carbocycles. The summed E-state index contributed by atoms with van der Waals surface area (Å²) in [5.74, 6) is -0.597. The first-order valence-corrected chi connectivity index (χ1v) is 17.1. The van der Waals surface area contributed by atoms with Crippen LogP contribution in [-0.4, -0.2) is 77.6 Å². The van der Waals surface area contributed by atoms with Gasteiger partial charge in [-0.05, 0) is 76.0 Å². The molecule has 0 bridgehead atoms. The number of benzene rings is 1. The van der Waals surface area contributed by atoms with Gasteiger partial charge in [-0.25, -0.2) is 14.2 Å². The SMILES string of the molecule is Cc1nc(C)c([C@H](OC(C)(C)C)C(=O)O)c(N2CCC(C)(C)CC2)c1-c1ccc2c(c1)CCN(c1ncc(F)c(N3CCOCC3)n1)C2. The fraction of sp³-hybridized carbons (Fsp3) is 0.568. The number of aromatic nitrogens is 3. The van der Waals surface area contributed by atoms with E-state index in [1.54, 1.807) is 0 Å². The molecule has 0 spiro atoms. The molecular formula is C37H49FN6O4. The van der Waals surface area contributed by atoms with Crippen LogP contribution in [0.2, 0.25) is 0 Å². The largest absolute Gasteiger partial charge is 0.479 e. The number of ether oxygens (including phenoxy) is 2. The minimum atomic E-state index is -1.16. The van der Waals surface area contributed by atoms with E-state index in [1.165, 1.54) is 11.8 Å². The van der Waals surface area contributed by atoms with Crippen LogP contribution in [0.3, 0.4) is 0 Å². The number of rotatable bonds is 7. The summed E-state index contributed by atoms with van der Waals surface area (Å²) >= 11 is 0. The van der Waals surface area contributed by atoms with Crippen LogP contribution in [0.5, 0.6) is 0 Å². The van der Waals surface area contributed by atoms with Crippen molar-refractivity contribution in [2.75, 3.05) is 60.6 Å². The van der Waals surface area contributed by atoms with Gasteiger partial charge < -0.3 is 29.3 Å². The third-order valence-corrected chi connectivity index (χ3v) is 9.78. The Morgan fingerprint density at radius 2 is 1.69 bits per heavy atom. The van der Waals surface area contributed by atoms with Crippen molar-refractivity contribution in [2.24, 2.45) is 5.41 Å². The number of carboxylic acid groups (broad SMARTS) is 1. The topological polar surface area (TPSA) is 104 Å². The number of anilines is 3. The summed E-state index contributed by atoms with van der Waals surface area (Å²) in [6.45, 7) is 19.4. The molecule has 3 aliphatic heterocycles. The Kier molecular flexibility index (Phi) is 9.39. The van der Waals surface area contributed by atoms with Gasteiger partial charge in [0.05, 0.1) is 30.7 Å². The predicted octanol–water partition coefficient (Wildman–Crippen LogP) is 6.26. The second kappa shape index (κ2) is 13.2. The van der Waals surface area contributed by atoms with Gasteiger partial charge in [-0.1, -0.05) is 32.0 Å². The maximum Gasteiger partial charge on any atom is 0.337 e. The van der Waals surface area contributed by atoms with Gasteiger partial charge in [0.2, 0.25) is 5.95 Å². The molecule has 3 aliphatic rings. The van der Waals surface area contributed by atoms with Crippen molar-refractivity contribution in [3.8, 4) is 11.1 Å². The molecule has 1 aromatic carbocycles. The molecule has 48 heavy (non-hydrogen) atoms. The van der Waals surface area contributed by atoms with Crippen LogP contribution in [0.15, 0.2) is 24.4 Å². The average molecular weight is 661 g/mol. The number of carboxylic acids is 1. The van der Waals surface area contributed by atoms with E-state index in [4.69, 9.17) is 14.5 Å². The van der Waals surface area contributed by atoms with E-state index < -0.39 is 23.5 Å². The summed E-state index contributed by atoms with van der Waals surface area (Å²) in [5, 5.41) is 10.5. The fourth-order valence-electron chi connectivity index (χ4n) is 7.13. The Morgan fingerprint density at radius 3 is 2.35 bits per heavy atom. The van der Waals surface area contributed by atoms with Crippen molar-refractivity contribution < 1.29 is 23.8 Å². The minimum absolute atomic E-state index is 0.219. The number of nitrogens with zero attached hydrogens (tertiary/aromatic N) is 6. The molecule has 3 aromatic rings. The van der Waals surface area contributed by atoms with Crippen molar-refractivity contribution >= 4 is 23.4 Å². The predicted molar refractivity (Wildman–Crippen MR) is 185 cm³/mol. The lowest BCUT2D eigenvalue weighted by Gasteiger charge is -2.41. The van der Waals surface area contributed by atoms with Crippen molar-refractivity contribution in [3.05, 3.63) is 58.3 Å². The standard InChI is InChI=1S/C37H49FN6O4/c1-23-29(31(42-14-11-37(6,7)12-15-42)30(24(2)40-23)32(34(45)46)48-36(3,4)5)26-8-9-27-22-44(13-10-25(27)20-26)35-39-21-28(38)33(41-35)43-16-18-47-19-17-43/h8-9,20-21,32H,10-19,22H2,1-7H3,(H,45,46)/t32-/m0/s1. The number of hydrogen-bond acceptors (Lipinski definition) is 9. The summed E-state index contributed by atoms with van der Waals surface area (Å²) in [7, 11) is 0. The third-order valence-electron chi connectivity index (χ3n) is 9.78. The van der Waals surface area contributed by atoms with E-state index in [9.17, 15) is 14.3 Å². The molecule has 6 rings (SSSR count). The Hall–Kier alpha value is -3.83. The fourth-order valence-corrected chi connectivity index (χ4v) is 7.13. The van der Waals surface area contributed by atoms with Gasteiger partial charge in [0.15, 0.2) is 17.7 Å². The van der Waals surface area contributed by atoms with Crippen LogP contribution in [0.1, 0.15) is 81.6 Å². The summed E-state index contributed by atoms with van der Waals surface area (Å²) in [5.41, 5.74) is 6.99. The van der Waals surface area contributed by atoms with E-state index in [0.717, 1.165) is 60.4 Å². The molecule has 11 heteroatoms. The van der Waals surface area contributed by atoms with Crippen LogP contribution in [0, 0.1) is 25.1 Å². The highest BCUT2D eigenvalue weighted by Crippen LogP contribution is 2.45. The smallest absolute Gasteiger partial charge is 0.337 e. The van der Waals surface area contributed by atoms with Gasteiger partial charge in [0.25, 0.3) is 0 Å². The van der Waals surface area contributed by atoms with Gasteiger partial charge in [-0.15, -0.1) is 0 Å². The average Bonchev–Trinajstić information content (AvgIpc) is 3.03. The number of pyridine rings is 1. The zero-order valence-electron chi connectivity index (χ0n) is 29.4. The highest BCUT2D eigenvalue weighted by atomic mass is 19.1. The maximum absolute atomic E-state index is 14.8. The van der Waals surface area contributed by atoms with Crippen molar-refractivity contribution in [2.45, 2.75) is 86.0 Å². The highest BCUT2D eigenvalue weighted by Gasteiger charge is 2.37.